The molecule has 0 atom stereocenters. The van der Waals surface area contributed by atoms with Crippen LogP contribution in [-0.4, -0.2) is 55.1 Å². The zero-order chi connectivity index (χ0) is 13.7. The van der Waals surface area contributed by atoms with E-state index in [4.69, 9.17) is 0 Å². The molecule has 1 aliphatic heterocycles. The largest absolute Gasteiger partial charge is 0.462 e. The zero-order valence-electron chi connectivity index (χ0n) is 11.0. The second-order valence-corrected chi connectivity index (χ2v) is 3.95. The van der Waals surface area contributed by atoms with Gasteiger partial charge in [-0.15, -0.1) is 12.4 Å². The molecule has 0 aromatic carbocycles. The van der Waals surface area contributed by atoms with Gasteiger partial charge in [-0.1, -0.05) is 0 Å². The van der Waals surface area contributed by atoms with Crippen LogP contribution in [0, 0.1) is 0 Å². The van der Waals surface area contributed by atoms with Crippen molar-refractivity contribution in [1.29, 1.82) is 0 Å². The van der Waals surface area contributed by atoms with Gasteiger partial charge in [0.05, 0.1) is 25.2 Å². The summed E-state index contributed by atoms with van der Waals surface area (Å²) in [7, 11) is 1.14. The number of halogens is 1. The fourth-order valence-corrected chi connectivity index (χ4v) is 1.69. The summed E-state index contributed by atoms with van der Waals surface area (Å²) in [6.45, 7) is 3.47. The summed E-state index contributed by atoms with van der Waals surface area (Å²) in [5, 5.41) is 5.59. The van der Waals surface area contributed by atoms with Crippen molar-refractivity contribution in [2.24, 2.45) is 0 Å². The van der Waals surface area contributed by atoms with Crippen molar-refractivity contribution in [3.05, 3.63) is 12.4 Å². The average molecular weight is 302 g/mol. The molecule has 110 valence electrons. The third-order valence-electron chi connectivity index (χ3n) is 2.67. The van der Waals surface area contributed by atoms with Crippen LogP contribution in [0.2, 0.25) is 0 Å². The SMILES string of the molecule is COC(=O)C(=O)Nc1cnc(N2CCNCC2)nc1.Cl. The molecule has 1 aromatic heterocycles. The molecule has 0 spiro atoms. The van der Waals surface area contributed by atoms with Crippen molar-refractivity contribution in [3.63, 3.8) is 0 Å². The first kappa shape index (κ1) is 16.1. The smallest absolute Gasteiger partial charge is 0.396 e. The zero-order valence-corrected chi connectivity index (χ0v) is 11.8. The number of carbonyl (C=O) groups is 2. The lowest BCUT2D eigenvalue weighted by atomic mass is 10.4. The molecule has 2 rings (SSSR count). The quantitative estimate of drug-likeness (QED) is 0.557. The molecule has 2 N–H and O–H groups in total. The fourth-order valence-electron chi connectivity index (χ4n) is 1.69. The summed E-state index contributed by atoms with van der Waals surface area (Å²) in [6.07, 6.45) is 2.93. The lowest BCUT2D eigenvalue weighted by Crippen LogP contribution is -2.44. The molecular weight excluding hydrogens is 286 g/mol. The number of aromatic nitrogens is 2. The van der Waals surface area contributed by atoms with Gasteiger partial charge in [0, 0.05) is 26.2 Å². The summed E-state index contributed by atoms with van der Waals surface area (Å²) >= 11 is 0. The van der Waals surface area contributed by atoms with Crippen molar-refractivity contribution in [1.82, 2.24) is 15.3 Å². The summed E-state index contributed by atoms with van der Waals surface area (Å²) in [6, 6.07) is 0. The average Bonchev–Trinajstić information content (AvgIpc) is 2.48. The third kappa shape index (κ3) is 4.04. The van der Waals surface area contributed by atoms with Gasteiger partial charge < -0.3 is 20.3 Å². The second kappa shape index (κ2) is 7.61. The lowest BCUT2D eigenvalue weighted by Gasteiger charge is -2.27. The first-order valence-electron chi connectivity index (χ1n) is 5.87. The Morgan fingerprint density at radius 2 is 1.90 bits per heavy atom. The molecule has 9 heteroatoms. The highest BCUT2D eigenvalue weighted by Crippen LogP contribution is 2.10. The molecule has 0 bridgehead atoms. The van der Waals surface area contributed by atoms with E-state index in [0.717, 1.165) is 33.3 Å². The highest BCUT2D eigenvalue weighted by Gasteiger charge is 2.15. The molecule has 0 unspecified atom stereocenters. The molecule has 20 heavy (non-hydrogen) atoms. The molecule has 1 fully saturated rings. The van der Waals surface area contributed by atoms with E-state index in [1.807, 2.05) is 4.90 Å². The minimum atomic E-state index is -0.953. The van der Waals surface area contributed by atoms with Crippen molar-refractivity contribution in [2.75, 3.05) is 43.5 Å². The van der Waals surface area contributed by atoms with Crippen LogP contribution in [0.3, 0.4) is 0 Å². The summed E-state index contributed by atoms with van der Waals surface area (Å²) < 4.78 is 4.30. The van der Waals surface area contributed by atoms with Gasteiger partial charge in [-0.25, -0.2) is 14.8 Å². The van der Waals surface area contributed by atoms with E-state index in [2.05, 4.69) is 25.3 Å². The molecule has 1 saturated heterocycles. The van der Waals surface area contributed by atoms with E-state index < -0.39 is 11.9 Å². The minimum Gasteiger partial charge on any atom is -0.462 e. The standard InChI is InChI=1S/C11H15N5O3.ClH/c1-19-10(18)9(17)15-8-6-13-11(14-7-8)16-4-2-12-3-5-16;/h6-7,12H,2-5H2,1H3,(H,15,17);1H. The van der Waals surface area contributed by atoms with Gasteiger partial charge in [-0.2, -0.15) is 0 Å². The summed E-state index contributed by atoms with van der Waals surface area (Å²) in [5.74, 6) is -1.19. The Morgan fingerprint density at radius 3 is 2.45 bits per heavy atom. The number of carbonyl (C=O) groups excluding carboxylic acids is 2. The predicted molar refractivity (Wildman–Crippen MR) is 75.0 cm³/mol. The number of hydrogen-bond donors (Lipinski definition) is 2. The topological polar surface area (TPSA) is 96.5 Å². The highest BCUT2D eigenvalue weighted by atomic mass is 35.5. The molecule has 1 amide bonds. The Bertz CT molecular complexity index is 462. The maximum absolute atomic E-state index is 11.3. The number of nitrogens with zero attached hydrogens (tertiary/aromatic N) is 3. The van der Waals surface area contributed by atoms with Crippen molar-refractivity contribution >= 4 is 35.9 Å². The van der Waals surface area contributed by atoms with Gasteiger partial charge in [0.15, 0.2) is 0 Å². The Labute approximate surface area is 122 Å². The number of hydrogen-bond acceptors (Lipinski definition) is 7. The molecule has 8 nitrogen and oxygen atoms in total. The van der Waals surface area contributed by atoms with Crippen molar-refractivity contribution in [3.8, 4) is 0 Å². The number of rotatable bonds is 2. The lowest BCUT2D eigenvalue weighted by molar-refractivity contribution is -0.150. The minimum absolute atomic E-state index is 0. The van der Waals surface area contributed by atoms with E-state index in [9.17, 15) is 9.59 Å². The van der Waals surface area contributed by atoms with Crippen LogP contribution in [0.15, 0.2) is 12.4 Å². The van der Waals surface area contributed by atoms with Gasteiger partial charge in [0.25, 0.3) is 0 Å². The Kier molecular flexibility index (Phi) is 6.13. The van der Waals surface area contributed by atoms with E-state index in [1.165, 1.54) is 12.4 Å². The Hall–Kier alpha value is -1.93. The van der Waals surface area contributed by atoms with Crippen LogP contribution < -0.4 is 15.5 Å². The molecule has 1 aromatic rings. The van der Waals surface area contributed by atoms with Crippen molar-refractivity contribution < 1.29 is 14.3 Å². The van der Waals surface area contributed by atoms with Crippen LogP contribution in [0.4, 0.5) is 11.6 Å². The number of ether oxygens (including phenoxy) is 1. The van der Waals surface area contributed by atoms with Gasteiger partial charge >= 0.3 is 11.9 Å². The highest BCUT2D eigenvalue weighted by molar-refractivity contribution is 6.37. The Morgan fingerprint density at radius 1 is 1.30 bits per heavy atom. The second-order valence-electron chi connectivity index (χ2n) is 3.95. The first-order chi connectivity index (χ1) is 9.20. The van der Waals surface area contributed by atoms with Gasteiger partial charge in [0.2, 0.25) is 5.95 Å². The first-order valence-corrected chi connectivity index (χ1v) is 5.87. The van der Waals surface area contributed by atoms with E-state index in [-0.39, 0.29) is 12.4 Å². The third-order valence-corrected chi connectivity index (χ3v) is 2.67. The van der Waals surface area contributed by atoms with Crippen LogP contribution >= 0.6 is 12.4 Å². The maximum atomic E-state index is 11.3. The van der Waals surface area contributed by atoms with E-state index in [1.54, 1.807) is 0 Å². The number of amides is 1. The van der Waals surface area contributed by atoms with E-state index >= 15 is 0 Å². The van der Waals surface area contributed by atoms with Crippen LogP contribution in [-0.2, 0) is 14.3 Å². The molecule has 0 saturated carbocycles. The van der Waals surface area contributed by atoms with Gasteiger partial charge in [0.1, 0.15) is 0 Å². The van der Waals surface area contributed by atoms with E-state index in [0.29, 0.717) is 11.6 Å². The number of methoxy groups -OCH3 is 1. The molecule has 0 aliphatic carbocycles. The van der Waals surface area contributed by atoms with Crippen LogP contribution in [0.25, 0.3) is 0 Å². The predicted octanol–water partition coefficient (Wildman–Crippen LogP) is -0.581. The normalized spacial score (nSPS) is 14.2. The summed E-state index contributed by atoms with van der Waals surface area (Å²) in [4.78, 5) is 32.6. The maximum Gasteiger partial charge on any atom is 0.396 e. The number of esters is 1. The molecule has 1 aliphatic rings. The van der Waals surface area contributed by atoms with Gasteiger partial charge in [-0.05, 0) is 0 Å². The summed E-state index contributed by atoms with van der Waals surface area (Å²) in [5.41, 5.74) is 0.356. The molecular formula is C11H16ClN5O3. The number of anilines is 2. The molecule has 0 radical (unpaired) electrons. The number of piperazine rings is 1. The monoisotopic (exact) mass is 301 g/mol. The Balaban J connectivity index is 0.00000200. The van der Waals surface area contributed by atoms with Crippen molar-refractivity contribution in [2.45, 2.75) is 0 Å². The fraction of sp³-hybridized carbons (Fsp3) is 0.455. The molecule has 2 heterocycles. The number of nitrogens with one attached hydrogen (secondary N) is 2. The van der Waals surface area contributed by atoms with Crippen LogP contribution in [0.1, 0.15) is 0 Å². The van der Waals surface area contributed by atoms with Crippen LogP contribution in [0.5, 0.6) is 0 Å². The van der Waals surface area contributed by atoms with Gasteiger partial charge in [-0.3, -0.25) is 4.79 Å².